The summed E-state index contributed by atoms with van der Waals surface area (Å²) < 4.78 is 0. The summed E-state index contributed by atoms with van der Waals surface area (Å²) in [6.45, 7) is 4.23. The van der Waals surface area contributed by atoms with Crippen LogP contribution in [0.25, 0.3) is 0 Å². The third-order valence-electron chi connectivity index (χ3n) is 5.62. The molecule has 3 nitrogen and oxygen atoms in total. The lowest BCUT2D eigenvalue weighted by Gasteiger charge is -2.40. The molecule has 0 bridgehead atoms. The van der Waals surface area contributed by atoms with Crippen molar-refractivity contribution >= 4 is 5.91 Å². The van der Waals surface area contributed by atoms with Crippen LogP contribution >= 0.6 is 0 Å². The van der Waals surface area contributed by atoms with Crippen molar-refractivity contribution in [3.63, 3.8) is 0 Å². The van der Waals surface area contributed by atoms with Crippen molar-refractivity contribution in [1.29, 1.82) is 0 Å². The molecule has 3 heteroatoms. The van der Waals surface area contributed by atoms with Gasteiger partial charge in [-0.1, -0.05) is 26.2 Å². The van der Waals surface area contributed by atoms with Crippen molar-refractivity contribution < 1.29 is 4.79 Å². The molecule has 19 heavy (non-hydrogen) atoms. The van der Waals surface area contributed by atoms with E-state index in [9.17, 15) is 4.79 Å². The second-order valence-electron chi connectivity index (χ2n) is 6.79. The summed E-state index contributed by atoms with van der Waals surface area (Å²) in [5.74, 6) is 1.98. The van der Waals surface area contributed by atoms with Gasteiger partial charge in [-0.05, 0) is 43.9 Å². The van der Waals surface area contributed by atoms with Crippen LogP contribution in [0.1, 0.15) is 58.3 Å². The Bertz CT molecular complexity index is 331. The first-order valence-electron chi connectivity index (χ1n) is 8.32. The molecule has 1 saturated carbocycles. The Hall–Kier alpha value is -0.570. The van der Waals surface area contributed by atoms with Crippen molar-refractivity contribution in [2.45, 2.75) is 70.4 Å². The van der Waals surface area contributed by atoms with Crippen LogP contribution < -0.4 is 5.32 Å². The van der Waals surface area contributed by atoms with Gasteiger partial charge < -0.3 is 10.2 Å². The minimum Gasteiger partial charge on any atom is -0.341 e. The SMILES string of the molecule is CCC1CCN(C(=O)C2CCC3CCCCC3N2)C1. The Balaban J connectivity index is 1.56. The van der Waals surface area contributed by atoms with Gasteiger partial charge in [-0.25, -0.2) is 0 Å². The topological polar surface area (TPSA) is 32.3 Å². The number of hydrogen-bond donors (Lipinski definition) is 1. The van der Waals surface area contributed by atoms with Gasteiger partial charge in [-0.15, -0.1) is 0 Å². The highest BCUT2D eigenvalue weighted by atomic mass is 16.2. The Morgan fingerprint density at radius 2 is 2.00 bits per heavy atom. The third kappa shape index (κ3) is 2.81. The van der Waals surface area contributed by atoms with E-state index >= 15 is 0 Å². The van der Waals surface area contributed by atoms with E-state index in [1.807, 2.05) is 0 Å². The quantitative estimate of drug-likeness (QED) is 0.831. The monoisotopic (exact) mass is 264 g/mol. The Morgan fingerprint density at radius 3 is 2.79 bits per heavy atom. The number of piperidine rings is 1. The number of rotatable bonds is 2. The summed E-state index contributed by atoms with van der Waals surface area (Å²) in [5.41, 5.74) is 0. The van der Waals surface area contributed by atoms with Crippen LogP contribution in [-0.4, -0.2) is 36.0 Å². The van der Waals surface area contributed by atoms with Gasteiger partial charge in [-0.3, -0.25) is 4.79 Å². The van der Waals surface area contributed by atoms with Crippen LogP contribution in [0.2, 0.25) is 0 Å². The maximum absolute atomic E-state index is 12.6. The van der Waals surface area contributed by atoms with E-state index in [1.165, 1.54) is 44.9 Å². The second kappa shape index (κ2) is 5.82. The standard InChI is InChI=1S/C16H28N2O/c1-2-12-9-10-18(11-12)16(19)15-8-7-13-5-3-4-6-14(13)17-15/h12-15,17H,2-11H2,1H3. The smallest absolute Gasteiger partial charge is 0.239 e. The number of carbonyl (C=O) groups excluding carboxylic acids is 1. The lowest BCUT2D eigenvalue weighted by Crippen LogP contribution is -2.55. The number of fused-ring (bicyclic) bond motifs is 1. The molecule has 0 aromatic heterocycles. The molecule has 0 radical (unpaired) electrons. The van der Waals surface area contributed by atoms with E-state index in [1.54, 1.807) is 0 Å². The zero-order valence-electron chi connectivity index (χ0n) is 12.2. The molecule has 2 heterocycles. The van der Waals surface area contributed by atoms with E-state index in [0.717, 1.165) is 31.3 Å². The van der Waals surface area contributed by atoms with Gasteiger partial charge in [0.25, 0.3) is 0 Å². The van der Waals surface area contributed by atoms with E-state index < -0.39 is 0 Å². The summed E-state index contributed by atoms with van der Waals surface area (Å²) in [5, 5.41) is 3.67. The van der Waals surface area contributed by atoms with Gasteiger partial charge in [0.05, 0.1) is 6.04 Å². The zero-order valence-corrected chi connectivity index (χ0v) is 12.2. The van der Waals surface area contributed by atoms with E-state index in [0.29, 0.717) is 11.9 Å². The van der Waals surface area contributed by atoms with Gasteiger partial charge >= 0.3 is 0 Å². The van der Waals surface area contributed by atoms with E-state index in [2.05, 4.69) is 17.1 Å². The van der Waals surface area contributed by atoms with Gasteiger partial charge in [0.2, 0.25) is 5.91 Å². The first kappa shape index (κ1) is 13.4. The lowest BCUT2D eigenvalue weighted by molar-refractivity contribution is -0.134. The van der Waals surface area contributed by atoms with E-state index in [4.69, 9.17) is 0 Å². The molecule has 1 N–H and O–H groups in total. The fourth-order valence-electron chi connectivity index (χ4n) is 4.28. The molecule has 1 aliphatic carbocycles. The number of hydrogen-bond acceptors (Lipinski definition) is 2. The second-order valence-corrected chi connectivity index (χ2v) is 6.79. The Labute approximate surface area is 117 Å². The molecule has 0 spiro atoms. The molecule has 4 atom stereocenters. The van der Waals surface area contributed by atoms with Gasteiger partial charge in [0.1, 0.15) is 0 Å². The molecular formula is C16H28N2O. The van der Waals surface area contributed by atoms with Crippen molar-refractivity contribution in [3.8, 4) is 0 Å². The van der Waals surface area contributed by atoms with Crippen molar-refractivity contribution in [2.75, 3.05) is 13.1 Å². The van der Waals surface area contributed by atoms with Crippen molar-refractivity contribution in [1.82, 2.24) is 10.2 Å². The highest BCUT2D eigenvalue weighted by Crippen LogP contribution is 2.33. The molecule has 0 aromatic rings. The number of carbonyl (C=O) groups is 1. The van der Waals surface area contributed by atoms with Crippen LogP contribution in [0, 0.1) is 11.8 Å². The van der Waals surface area contributed by atoms with Crippen LogP contribution in [0.4, 0.5) is 0 Å². The molecular weight excluding hydrogens is 236 g/mol. The van der Waals surface area contributed by atoms with Gasteiger partial charge in [-0.2, -0.15) is 0 Å². The molecule has 4 unspecified atom stereocenters. The molecule has 0 aromatic carbocycles. The Kier molecular flexibility index (Phi) is 4.11. The predicted molar refractivity (Wildman–Crippen MR) is 76.9 cm³/mol. The van der Waals surface area contributed by atoms with Gasteiger partial charge in [0.15, 0.2) is 0 Å². The van der Waals surface area contributed by atoms with E-state index in [-0.39, 0.29) is 6.04 Å². The highest BCUT2D eigenvalue weighted by Gasteiger charge is 2.37. The molecule has 3 fully saturated rings. The largest absolute Gasteiger partial charge is 0.341 e. The highest BCUT2D eigenvalue weighted by molar-refractivity contribution is 5.82. The minimum absolute atomic E-state index is 0.120. The van der Waals surface area contributed by atoms with Crippen molar-refractivity contribution in [2.24, 2.45) is 11.8 Å². The number of likely N-dealkylation sites (tertiary alicyclic amines) is 1. The maximum atomic E-state index is 12.6. The number of nitrogens with one attached hydrogen (secondary N) is 1. The number of nitrogens with zero attached hydrogens (tertiary/aromatic N) is 1. The average molecular weight is 264 g/mol. The summed E-state index contributed by atoms with van der Waals surface area (Å²) in [6, 6.07) is 0.746. The zero-order chi connectivity index (χ0) is 13.2. The van der Waals surface area contributed by atoms with Crippen LogP contribution in [0.5, 0.6) is 0 Å². The fraction of sp³-hybridized carbons (Fsp3) is 0.938. The first-order valence-corrected chi connectivity index (χ1v) is 8.32. The molecule has 2 saturated heterocycles. The molecule has 3 aliphatic rings. The van der Waals surface area contributed by atoms with Crippen LogP contribution in [0.3, 0.4) is 0 Å². The van der Waals surface area contributed by atoms with Crippen molar-refractivity contribution in [3.05, 3.63) is 0 Å². The predicted octanol–water partition coefficient (Wildman–Crippen LogP) is 2.56. The molecule has 3 rings (SSSR count). The summed E-state index contributed by atoms with van der Waals surface area (Å²) in [4.78, 5) is 14.7. The summed E-state index contributed by atoms with van der Waals surface area (Å²) >= 11 is 0. The molecule has 2 aliphatic heterocycles. The Morgan fingerprint density at radius 1 is 1.16 bits per heavy atom. The molecule has 108 valence electrons. The first-order chi connectivity index (χ1) is 9.28. The normalized spacial score (nSPS) is 39.1. The van der Waals surface area contributed by atoms with Gasteiger partial charge in [0, 0.05) is 19.1 Å². The minimum atomic E-state index is 0.120. The number of amides is 1. The fourth-order valence-corrected chi connectivity index (χ4v) is 4.28. The summed E-state index contributed by atoms with van der Waals surface area (Å²) in [6.07, 6.45) is 10.1. The average Bonchev–Trinajstić information content (AvgIpc) is 2.95. The lowest BCUT2D eigenvalue weighted by atomic mass is 9.77. The maximum Gasteiger partial charge on any atom is 0.239 e. The molecule has 1 amide bonds. The van der Waals surface area contributed by atoms with Crippen LogP contribution in [-0.2, 0) is 4.79 Å². The third-order valence-corrected chi connectivity index (χ3v) is 5.62. The summed E-state index contributed by atoms with van der Waals surface area (Å²) in [7, 11) is 0. The van der Waals surface area contributed by atoms with Crippen LogP contribution in [0.15, 0.2) is 0 Å².